The molecule has 0 radical (unpaired) electrons. The number of carbonyl (C=O) groups excluding carboxylic acids is 1. The van der Waals surface area contributed by atoms with Gasteiger partial charge in [0.25, 0.3) is 0 Å². The number of rotatable bonds is 1. The van der Waals surface area contributed by atoms with Crippen molar-refractivity contribution in [1.82, 2.24) is 10.2 Å². The number of nitrogens with zero attached hydrogens (tertiary/aromatic N) is 1. The summed E-state index contributed by atoms with van der Waals surface area (Å²) in [4.78, 5) is 13.4. The first-order chi connectivity index (χ1) is 6.29. The third-order valence-electron chi connectivity index (χ3n) is 3.31. The molecule has 2 heterocycles. The Labute approximate surface area is 79.5 Å². The van der Waals surface area contributed by atoms with Crippen molar-refractivity contribution in [3.63, 3.8) is 0 Å². The molecule has 2 aliphatic rings. The Balaban J connectivity index is 1.99. The maximum atomic E-state index is 11.4. The van der Waals surface area contributed by atoms with E-state index in [1.165, 1.54) is 19.3 Å². The van der Waals surface area contributed by atoms with Gasteiger partial charge in [0.2, 0.25) is 5.91 Å². The zero-order chi connectivity index (χ0) is 9.26. The topological polar surface area (TPSA) is 32.3 Å². The van der Waals surface area contributed by atoms with Gasteiger partial charge in [-0.1, -0.05) is 0 Å². The van der Waals surface area contributed by atoms with E-state index >= 15 is 0 Å². The fourth-order valence-electron chi connectivity index (χ4n) is 2.42. The summed E-state index contributed by atoms with van der Waals surface area (Å²) >= 11 is 0. The van der Waals surface area contributed by atoms with Gasteiger partial charge in [-0.25, -0.2) is 0 Å². The van der Waals surface area contributed by atoms with Crippen LogP contribution in [0, 0.1) is 5.92 Å². The van der Waals surface area contributed by atoms with E-state index in [2.05, 4.69) is 10.2 Å². The minimum absolute atomic E-state index is 0.261. The van der Waals surface area contributed by atoms with E-state index in [0.29, 0.717) is 6.04 Å². The van der Waals surface area contributed by atoms with Gasteiger partial charge in [0.15, 0.2) is 0 Å². The fourth-order valence-corrected chi connectivity index (χ4v) is 2.42. The molecule has 0 bridgehead atoms. The second-order valence-electron chi connectivity index (χ2n) is 4.19. The monoisotopic (exact) mass is 182 g/mol. The minimum Gasteiger partial charge on any atom is -0.340 e. The summed E-state index contributed by atoms with van der Waals surface area (Å²) in [7, 11) is 0. The Morgan fingerprint density at radius 3 is 2.69 bits per heavy atom. The van der Waals surface area contributed by atoms with E-state index in [4.69, 9.17) is 0 Å². The Kier molecular flexibility index (Phi) is 2.54. The molecule has 0 aromatic rings. The molecular formula is C10H18N2O. The zero-order valence-electron chi connectivity index (χ0n) is 8.25. The van der Waals surface area contributed by atoms with E-state index < -0.39 is 0 Å². The van der Waals surface area contributed by atoms with Crippen LogP contribution in [0.1, 0.15) is 26.2 Å². The van der Waals surface area contributed by atoms with Crippen molar-refractivity contribution in [3.8, 4) is 0 Å². The quantitative estimate of drug-likeness (QED) is 0.644. The van der Waals surface area contributed by atoms with Crippen LogP contribution in [-0.2, 0) is 4.79 Å². The predicted molar refractivity (Wildman–Crippen MR) is 51.4 cm³/mol. The lowest BCUT2D eigenvalue weighted by atomic mass is 9.86. The van der Waals surface area contributed by atoms with Gasteiger partial charge in [-0.05, 0) is 19.3 Å². The summed E-state index contributed by atoms with van der Waals surface area (Å²) in [5, 5.41) is 3.28. The average Bonchev–Trinajstić information content (AvgIpc) is 2.02. The molecule has 0 aromatic heterocycles. The van der Waals surface area contributed by atoms with E-state index in [-0.39, 0.29) is 5.91 Å². The highest BCUT2D eigenvalue weighted by Gasteiger charge is 2.34. The summed E-state index contributed by atoms with van der Waals surface area (Å²) in [6, 6.07) is 0.535. The van der Waals surface area contributed by atoms with Crippen molar-refractivity contribution in [2.45, 2.75) is 32.2 Å². The van der Waals surface area contributed by atoms with Gasteiger partial charge in [-0.15, -0.1) is 0 Å². The Hall–Kier alpha value is -0.570. The molecule has 2 aliphatic heterocycles. The maximum absolute atomic E-state index is 11.4. The van der Waals surface area contributed by atoms with Crippen LogP contribution >= 0.6 is 0 Å². The third-order valence-corrected chi connectivity index (χ3v) is 3.31. The number of likely N-dealkylation sites (tertiary alicyclic amines) is 1. The first kappa shape index (κ1) is 9.00. The predicted octanol–water partition coefficient (Wildman–Crippen LogP) is 0.607. The number of nitrogens with one attached hydrogen (secondary N) is 1. The summed E-state index contributed by atoms with van der Waals surface area (Å²) < 4.78 is 0. The van der Waals surface area contributed by atoms with Crippen LogP contribution in [0.25, 0.3) is 0 Å². The number of piperidine rings is 1. The lowest BCUT2D eigenvalue weighted by Gasteiger charge is -2.44. The van der Waals surface area contributed by atoms with E-state index in [1.54, 1.807) is 6.92 Å². The average molecular weight is 182 g/mol. The highest BCUT2D eigenvalue weighted by molar-refractivity contribution is 5.73. The first-order valence-electron chi connectivity index (χ1n) is 5.27. The Morgan fingerprint density at radius 2 is 2.15 bits per heavy atom. The zero-order valence-corrected chi connectivity index (χ0v) is 8.25. The van der Waals surface area contributed by atoms with Crippen LogP contribution < -0.4 is 5.32 Å². The molecule has 2 saturated heterocycles. The summed E-state index contributed by atoms with van der Waals surface area (Å²) in [6.45, 7) is 4.89. The molecule has 1 N–H and O–H groups in total. The lowest BCUT2D eigenvalue weighted by Crippen LogP contribution is -2.57. The van der Waals surface area contributed by atoms with E-state index in [1.807, 2.05) is 0 Å². The van der Waals surface area contributed by atoms with Crippen LogP contribution in [0.5, 0.6) is 0 Å². The van der Waals surface area contributed by atoms with Crippen LogP contribution in [0.2, 0.25) is 0 Å². The van der Waals surface area contributed by atoms with Crippen LogP contribution in [0.15, 0.2) is 0 Å². The van der Waals surface area contributed by atoms with Gasteiger partial charge in [0.05, 0.1) is 0 Å². The van der Waals surface area contributed by atoms with Crippen molar-refractivity contribution in [2.24, 2.45) is 5.92 Å². The molecule has 0 aromatic carbocycles. The molecule has 0 saturated carbocycles. The van der Waals surface area contributed by atoms with Crippen LogP contribution in [0.4, 0.5) is 0 Å². The molecule has 0 spiro atoms. The number of hydrogen-bond acceptors (Lipinski definition) is 2. The highest BCUT2D eigenvalue weighted by Crippen LogP contribution is 2.25. The molecule has 2 rings (SSSR count). The van der Waals surface area contributed by atoms with Gasteiger partial charge < -0.3 is 10.2 Å². The van der Waals surface area contributed by atoms with Gasteiger partial charge in [0, 0.05) is 38.5 Å². The number of hydrogen-bond donors (Lipinski definition) is 1. The molecule has 1 amide bonds. The molecule has 2 fully saturated rings. The summed E-state index contributed by atoms with van der Waals surface area (Å²) in [5.41, 5.74) is 0. The summed E-state index contributed by atoms with van der Waals surface area (Å²) in [5.74, 6) is 0.987. The maximum Gasteiger partial charge on any atom is 0.219 e. The first-order valence-corrected chi connectivity index (χ1v) is 5.27. The normalized spacial score (nSPS) is 29.9. The van der Waals surface area contributed by atoms with Gasteiger partial charge in [-0.2, -0.15) is 0 Å². The number of amides is 1. The smallest absolute Gasteiger partial charge is 0.219 e. The SMILES string of the molecule is CC(=O)N1CCCCC1C1CNC1. The van der Waals surface area contributed by atoms with Crippen molar-refractivity contribution < 1.29 is 4.79 Å². The Morgan fingerprint density at radius 1 is 1.38 bits per heavy atom. The van der Waals surface area contributed by atoms with Gasteiger partial charge in [-0.3, -0.25) is 4.79 Å². The van der Waals surface area contributed by atoms with Gasteiger partial charge >= 0.3 is 0 Å². The lowest BCUT2D eigenvalue weighted by molar-refractivity contribution is -0.134. The molecule has 13 heavy (non-hydrogen) atoms. The van der Waals surface area contributed by atoms with Crippen LogP contribution in [0.3, 0.4) is 0 Å². The van der Waals surface area contributed by atoms with Gasteiger partial charge in [0.1, 0.15) is 0 Å². The molecule has 1 unspecified atom stereocenters. The number of carbonyl (C=O) groups is 1. The Bertz CT molecular complexity index is 201. The fraction of sp³-hybridized carbons (Fsp3) is 0.900. The summed E-state index contributed by atoms with van der Waals surface area (Å²) in [6.07, 6.45) is 3.70. The largest absolute Gasteiger partial charge is 0.340 e. The van der Waals surface area contributed by atoms with Crippen molar-refractivity contribution in [3.05, 3.63) is 0 Å². The van der Waals surface area contributed by atoms with Crippen LogP contribution in [-0.4, -0.2) is 36.5 Å². The van der Waals surface area contributed by atoms with Crippen molar-refractivity contribution in [2.75, 3.05) is 19.6 Å². The molecule has 0 aliphatic carbocycles. The van der Waals surface area contributed by atoms with Crippen molar-refractivity contribution in [1.29, 1.82) is 0 Å². The van der Waals surface area contributed by atoms with E-state index in [0.717, 1.165) is 25.6 Å². The van der Waals surface area contributed by atoms with Crippen molar-refractivity contribution >= 4 is 5.91 Å². The second-order valence-corrected chi connectivity index (χ2v) is 4.19. The second kappa shape index (κ2) is 3.66. The standard InChI is InChI=1S/C10H18N2O/c1-8(13)12-5-3-2-4-10(12)9-6-11-7-9/h9-11H,2-7H2,1H3. The molecule has 3 heteroatoms. The van der Waals surface area contributed by atoms with E-state index in [9.17, 15) is 4.79 Å². The molecule has 1 atom stereocenters. The third kappa shape index (κ3) is 1.70. The minimum atomic E-state index is 0.261. The highest BCUT2D eigenvalue weighted by atomic mass is 16.2. The molecule has 3 nitrogen and oxygen atoms in total. The molecule has 74 valence electrons. The molecular weight excluding hydrogens is 164 g/mol.